The van der Waals surface area contributed by atoms with Gasteiger partial charge < -0.3 is 10.5 Å². The van der Waals surface area contributed by atoms with E-state index in [2.05, 4.69) is 0 Å². The average molecular weight is 248 g/mol. The van der Waals surface area contributed by atoms with E-state index in [-0.39, 0.29) is 25.5 Å². The molecule has 5 heteroatoms. The smallest absolute Gasteiger partial charge is 0.219 e. The van der Waals surface area contributed by atoms with Crippen LogP contribution in [-0.4, -0.2) is 12.5 Å². The summed E-state index contributed by atoms with van der Waals surface area (Å²) >= 11 is 11.8. The largest absolute Gasteiger partial charge is 0.376 e. The molecule has 0 aliphatic carbocycles. The van der Waals surface area contributed by atoms with E-state index in [9.17, 15) is 4.79 Å². The van der Waals surface area contributed by atoms with Crippen molar-refractivity contribution in [1.29, 1.82) is 0 Å². The summed E-state index contributed by atoms with van der Waals surface area (Å²) in [7, 11) is 0. The molecule has 0 atom stereocenters. The zero-order valence-electron chi connectivity index (χ0n) is 8.00. The quantitative estimate of drug-likeness (QED) is 0.813. The molecule has 0 aliphatic heterocycles. The first-order chi connectivity index (χ1) is 7.11. The molecule has 82 valence electrons. The third-order valence-electron chi connectivity index (χ3n) is 1.80. The Bertz CT molecular complexity index is 335. The lowest BCUT2D eigenvalue weighted by molar-refractivity contribution is -0.119. The summed E-state index contributed by atoms with van der Waals surface area (Å²) in [5.74, 6) is -0.389. The predicted octanol–water partition coefficient (Wildman–Crippen LogP) is 2.39. The molecule has 1 aromatic carbocycles. The van der Waals surface area contributed by atoms with E-state index < -0.39 is 0 Å². The van der Waals surface area contributed by atoms with Crippen LogP contribution in [0.15, 0.2) is 18.2 Å². The summed E-state index contributed by atoms with van der Waals surface area (Å²) in [6.07, 6.45) is 0.196. The van der Waals surface area contributed by atoms with Gasteiger partial charge in [0, 0.05) is 22.0 Å². The second-order valence-corrected chi connectivity index (χ2v) is 3.78. The number of carbonyl (C=O) groups is 1. The highest BCUT2D eigenvalue weighted by atomic mass is 35.5. The lowest BCUT2D eigenvalue weighted by Crippen LogP contribution is -2.13. The molecule has 0 saturated carbocycles. The van der Waals surface area contributed by atoms with Crippen molar-refractivity contribution < 1.29 is 9.53 Å². The van der Waals surface area contributed by atoms with Crippen molar-refractivity contribution in [2.75, 3.05) is 6.61 Å². The van der Waals surface area contributed by atoms with Gasteiger partial charge in [-0.25, -0.2) is 0 Å². The molecule has 0 heterocycles. The van der Waals surface area contributed by atoms with Crippen LogP contribution in [0.1, 0.15) is 12.0 Å². The maximum Gasteiger partial charge on any atom is 0.219 e. The zero-order valence-corrected chi connectivity index (χ0v) is 9.52. The van der Waals surface area contributed by atoms with Gasteiger partial charge in [0.15, 0.2) is 0 Å². The summed E-state index contributed by atoms with van der Waals surface area (Å²) in [5.41, 5.74) is 5.69. The highest BCUT2D eigenvalue weighted by molar-refractivity contribution is 6.35. The van der Waals surface area contributed by atoms with Crippen LogP contribution in [0, 0.1) is 0 Å². The molecule has 0 aliphatic rings. The van der Waals surface area contributed by atoms with Gasteiger partial charge in [-0.3, -0.25) is 4.79 Å². The fourth-order valence-electron chi connectivity index (χ4n) is 1.02. The zero-order chi connectivity index (χ0) is 11.3. The minimum Gasteiger partial charge on any atom is -0.376 e. The van der Waals surface area contributed by atoms with E-state index in [0.29, 0.717) is 10.0 Å². The second-order valence-electron chi connectivity index (χ2n) is 2.97. The molecule has 0 spiro atoms. The monoisotopic (exact) mass is 247 g/mol. The van der Waals surface area contributed by atoms with Crippen molar-refractivity contribution >= 4 is 29.1 Å². The number of carbonyl (C=O) groups excluding carboxylic acids is 1. The first-order valence-corrected chi connectivity index (χ1v) is 5.16. The van der Waals surface area contributed by atoms with Crippen molar-refractivity contribution in [1.82, 2.24) is 0 Å². The first kappa shape index (κ1) is 12.3. The number of rotatable bonds is 5. The molecule has 3 nitrogen and oxygen atoms in total. The molecule has 0 unspecified atom stereocenters. The Kier molecular flexibility index (Phi) is 4.88. The minimum absolute atomic E-state index is 0.196. The van der Waals surface area contributed by atoms with Gasteiger partial charge in [-0.05, 0) is 12.1 Å². The maximum absolute atomic E-state index is 10.4. The van der Waals surface area contributed by atoms with Gasteiger partial charge in [-0.2, -0.15) is 0 Å². The maximum atomic E-state index is 10.4. The van der Waals surface area contributed by atoms with Gasteiger partial charge >= 0.3 is 0 Å². The Hall–Kier alpha value is -0.770. The number of hydrogen-bond donors (Lipinski definition) is 1. The predicted molar refractivity (Wildman–Crippen MR) is 59.9 cm³/mol. The minimum atomic E-state index is -0.389. The summed E-state index contributed by atoms with van der Waals surface area (Å²) < 4.78 is 5.22. The molecular formula is C10H11Cl2NO2. The van der Waals surface area contributed by atoms with Crippen LogP contribution in [0.3, 0.4) is 0 Å². The number of benzene rings is 1. The summed E-state index contributed by atoms with van der Waals surface area (Å²) in [6.45, 7) is 0.558. The van der Waals surface area contributed by atoms with Gasteiger partial charge in [0.2, 0.25) is 5.91 Å². The Morgan fingerprint density at radius 3 is 2.47 bits per heavy atom. The third kappa shape index (κ3) is 4.08. The summed E-state index contributed by atoms with van der Waals surface area (Å²) in [6, 6.07) is 5.23. The van der Waals surface area contributed by atoms with E-state index in [1.807, 2.05) is 0 Å². The van der Waals surface area contributed by atoms with Crippen molar-refractivity contribution in [3.63, 3.8) is 0 Å². The molecule has 0 bridgehead atoms. The highest BCUT2D eigenvalue weighted by Gasteiger charge is 2.05. The van der Waals surface area contributed by atoms with E-state index in [0.717, 1.165) is 5.56 Å². The first-order valence-electron chi connectivity index (χ1n) is 4.40. The van der Waals surface area contributed by atoms with Crippen LogP contribution in [0.2, 0.25) is 10.0 Å². The number of primary amides is 1. The van der Waals surface area contributed by atoms with Crippen LogP contribution < -0.4 is 5.73 Å². The molecule has 1 rings (SSSR count). The molecule has 1 amide bonds. The standard InChI is InChI=1S/C10H11Cl2NO2/c11-8-2-1-3-9(12)7(8)6-15-5-4-10(13)14/h1-3H,4-6H2,(H2,13,14). The van der Waals surface area contributed by atoms with E-state index in [4.69, 9.17) is 33.7 Å². The van der Waals surface area contributed by atoms with Crippen molar-refractivity contribution in [2.24, 2.45) is 5.73 Å². The van der Waals surface area contributed by atoms with Crippen LogP contribution in [0.4, 0.5) is 0 Å². The van der Waals surface area contributed by atoms with Crippen molar-refractivity contribution in [2.45, 2.75) is 13.0 Å². The summed E-state index contributed by atoms with van der Waals surface area (Å²) in [4.78, 5) is 10.4. The molecule has 0 saturated heterocycles. The Labute approximate surface area is 98.1 Å². The van der Waals surface area contributed by atoms with Crippen molar-refractivity contribution in [3.8, 4) is 0 Å². The lowest BCUT2D eigenvalue weighted by atomic mass is 10.2. The Morgan fingerprint density at radius 1 is 1.33 bits per heavy atom. The molecule has 15 heavy (non-hydrogen) atoms. The number of hydrogen-bond acceptors (Lipinski definition) is 2. The lowest BCUT2D eigenvalue weighted by Gasteiger charge is -2.07. The van der Waals surface area contributed by atoms with Gasteiger partial charge in [-0.1, -0.05) is 29.3 Å². The van der Waals surface area contributed by atoms with Crippen LogP contribution in [-0.2, 0) is 16.1 Å². The Morgan fingerprint density at radius 2 is 1.93 bits per heavy atom. The van der Waals surface area contributed by atoms with Crippen LogP contribution >= 0.6 is 23.2 Å². The van der Waals surface area contributed by atoms with Gasteiger partial charge in [0.05, 0.1) is 13.2 Å². The molecule has 0 radical (unpaired) electrons. The van der Waals surface area contributed by atoms with Gasteiger partial charge in [0.1, 0.15) is 0 Å². The van der Waals surface area contributed by atoms with E-state index in [1.54, 1.807) is 18.2 Å². The molecular weight excluding hydrogens is 237 g/mol. The number of nitrogens with two attached hydrogens (primary N) is 1. The molecule has 1 aromatic rings. The normalized spacial score (nSPS) is 10.3. The second kappa shape index (κ2) is 5.95. The number of amides is 1. The van der Waals surface area contributed by atoms with Gasteiger partial charge in [-0.15, -0.1) is 0 Å². The molecule has 0 aromatic heterocycles. The highest BCUT2D eigenvalue weighted by Crippen LogP contribution is 2.24. The average Bonchev–Trinajstić information content (AvgIpc) is 2.15. The van der Waals surface area contributed by atoms with Crippen LogP contribution in [0.5, 0.6) is 0 Å². The van der Waals surface area contributed by atoms with Gasteiger partial charge in [0.25, 0.3) is 0 Å². The molecule has 0 fully saturated rings. The SMILES string of the molecule is NC(=O)CCOCc1c(Cl)cccc1Cl. The fraction of sp³-hybridized carbons (Fsp3) is 0.300. The third-order valence-corrected chi connectivity index (χ3v) is 2.51. The fourth-order valence-corrected chi connectivity index (χ4v) is 1.52. The number of ether oxygens (including phenoxy) is 1. The van der Waals surface area contributed by atoms with E-state index in [1.165, 1.54) is 0 Å². The Balaban J connectivity index is 2.47. The summed E-state index contributed by atoms with van der Waals surface area (Å²) in [5, 5.41) is 1.11. The van der Waals surface area contributed by atoms with Crippen molar-refractivity contribution in [3.05, 3.63) is 33.8 Å². The van der Waals surface area contributed by atoms with E-state index >= 15 is 0 Å². The topological polar surface area (TPSA) is 52.3 Å². The molecule has 2 N–H and O–H groups in total. The van der Waals surface area contributed by atoms with Crippen LogP contribution in [0.25, 0.3) is 0 Å². The number of halogens is 2.